The summed E-state index contributed by atoms with van der Waals surface area (Å²) in [4.78, 5) is 23.8. The van der Waals surface area contributed by atoms with E-state index in [0.717, 1.165) is 31.6 Å². The van der Waals surface area contributed by atoms with Crippen molar-refractivity contribution in [1.29, 1.82) is 0 Å². The number of amides is 1. The van der Waals surface area contributed by atoms with Crippen molar-refractivity contribution >= 4 is 27.6 Å². The fourth-order valence-corrected chi connectivity index (χ4v) is 6.21. The van der Waals surface area contributed by atoms with Crippen LogP contribution in [0.1, 0.15) is 54.4 Å². The van der Waals surface area contributed by atoms with E-state index >= 15 is 0 Å². The zero-order valence-electron chi connectivity index (χ0n) is 22.3. The van der Waals surface area contributed by atoms with Crippen molar-refractivity contribution in [3.8, 4) is 0 Å². The zero-order chi connectivity index (χ0) is 31.1. The quantitative estimate of drug-likeness (QED) is 0.350. The lowest BCUT2D eigenvalue weighted by atomic mass is 9.89. The molecule has 42 heavy (non-hydrogen) atoms. The molecule has 232 valence electrons. The predicted octanol–water partition coefficient (Wildman–Crippen LogP) is 5.52. The first kappa shape index (κ1) is 33.3. The minimum atomic E-state index is -5.08. The molecule has 1 aliphatic carbocycles. The van der Waals surface area contributed by atoms with Gasteiger partial charge < -0.3 is 15.3 Å². The summed E-state index contributed by atoms with van der Waals surface area (Å²) in [6, 6.07) is 9.58. The Bertz CT molecular complexity index is 1340. The van der Waals surface area contributed by atoms with E-state index in [0.29, 0.717) is 12.5 Å². The third-order valence-electron chi connectivity index (χ3n) is 6.93. The molecule has 1 saturated heterocycles. The molecule has 2 aliphatic rings. The molecule has 1 unspecified atom stereocenters. The molecule has 8 nitrogen and oxygen atoms in total. The average molecular weight is 624 g/mol. The number of carboxylic acid groups (broad SMARTS) is 1. The van der Waals surface area contributed by atoms with Gasteiger partial charge in [0.25, 0.3) is 5.91 Å². The van der Waals surface area contributed by atoms with Crippen LogP contribution in [-0.4, -0.2) is 62.2 Å². The second-order valence-electron chi connectivity index (χ2n) is 10.2. The monoisotopic (exact) mass is 623 g/mol. The van der Waals surface area contributed by atoms with Crippen molar-refractivity contribution in [1.82, 2.24) is 9.62 Å². The molecule has 1 aliphatic heterocycles. The number of benzene rings is 2. The summed E-state index contributed by atoms with van der Waals surface area (Å²) < 4.78 is 99.3. The Kier molecular flexibility index (Phi) is 11.0. The highest BCUT2D eigenvalue weighted by Crippen LogP contribution is 2.31. The SMILES string of the molecule is O=C(Nc1cccc(C(F)(F)F)c1)c1cccc(S(=O)(=O)NC2CCN(CC3CCCCC3)C2)c1.O=C(O)C(F)(F)F. The van der Waals surface area contributed by atoms with Crippen LogP contribution in [0.4, 0.5) is 32.0 Å². The van der Waals surface area contributed by atoms with Crippen molar-refractivity contribution in [2.45, 2.75) is 61.8 Å². The lowest BCUT2D eigenvalue weighted by molar-refractivity contribution is -0.192. The number of carbonyl (C=O) groups is 2. The lowest BCUT2D eigenvalue weighted by Gasteiger charge is -2.26. The number of aliphatic carboxylic acids is 1. The fourth-order valence-electron chi connectivity index (χ4n) is 4.90. The number of halogens is 6. The molecule has 0 bridgehead atoms. The van der Waals surface area contributed by atoms with Gasteiger partial charge in [-0.3, -0.25) is 4.79 Å². The third kappa shape index (κ3) is 9.98. The van der Waals surface area contributed by atoms with Gasteiger partial charge in [-0.1, -0.05) is 31.4 Å². The Morgan fingerprint density at radius 3 is 2.19 bits per heavy atom. The number of carbonyl (C=O) groups excluding carboxylic acids is 1. The van der Waals surface area contributed by atoms with Crippen LogP contribution in [0.15, 0.2) is 53.4 Å². The van der Waals surface area contributed by atoms with Gasteiger partial charge in [0.05, 0.1) is 10.5 Å². The topological polar surface area (TPSA) is 116 Å². The van der Waals surface area contributed by atoms with Crippen LogP contribution < -0.4 is 10.0 Å². The molecular weight excluding hydrogens is 592 g/mol. The standard InChI is InChI=1S/C25H30F3N3O3S.C2HF3O2/c26-25(27,28)20-9-5-10-21(15-20)29-24(32)19-8-4-11-23(14-19)35(33,34)30-22-12-13-31(17-22)16-18-6-2-1-3-7-18;3-2(4,5)1(6)7/h4-5,8-11,14-15,18,22,30H,1-3,6-7,12-13,16-17H2,(H,29,32);(H,6,7). The van der Waals surface area contributed by atoms with E-state index in [1.54, 1.807) is 0 Å². The summed E-state index contributed by atoms with van der Waals surface area (Å²) in [6.45, 7) is 2.51. The molecule has 15 heteroatoms. The smallest absolute Gasteiger partial charge is 0.475 e. The highest BCUT2D eigenvalue weighted by atomic mass is 32.2. The first-order valence-corrected chi connectivity index (χ1v) is 14.7. The maximum atomic E-state index is 13.0. The summed E-state index contributed by atoms with van der Waals surface area (Å²) in [6.07, 6.45) is -2.58. The molecule has 4 rings (SSSR count). The number of sulfonamides is 1. The van der Waals surface area contributed by atoms with Gasteiger partial charge in [0.1, 0.15) is 0 Å². The van der Waals surface area contributed by atoms with E-state index in [1.807, 2.05) is 0 Å². The van der Waals surface area contributed by atoms with E-state index < -0.39 is 39.8 Å². The largest absolute Gasteiger partial charge is 0.490 e. The molecule has 3 N–H and O–H groups in total. The van der Waals surface area contributed by atoms with Crippen LogP contribution in [-0.2, 0) is 21.0 Å². The first-order valence-electron chi connectivity index (χ1n) is 13.2. The van der Waals surface area contributed by atoms with Gasteiger partial charge in [-0.05, 0) is 68.1 Å². The van der Waals surface area contributed by atoms with Gasteiger partial charge in [-0.2, -0.15) is 26.3 Å². The van der Waals surface area contributed by atoms with Gasteiger partial charge in [0, 0.05) is 30.4 Å². The number of nitrogens with one attached hydrogen (secondary N) is 2. The first-order chi connectivity index (χ1) is 19.5. The fraction of sp³-hybridized carbons (Fsp3) is 0.481. The van der Waals surface area contributed by atoms with Gasteiger partial charge >= 0.3 is 18.3 Å². The van der Waals surface area contributed by atoms with Crippen LogP contribution >= 0.6 is 0 Å². The maximum Gasteiger partial charge on any atom is 0.490 e. The molecule has 2 fully saturated rings. The average Bonchev–Trinajstić information content (AvgIpc) is 3.34. The normalized spacial score (nSPS) is 18.7. The van der Waals surface area contributed by atoms with E-state index in [1.165, 1.54) is 68.5 Å². The van der Waals surface area contributed by atoms with Crippen LogP contribution in [0.3, 0.4) is 0 Å². The Labute approximate surface area is 239 Å². The van der Waals surface area contributed by atoms with Crippen LogP contribution in [0.5, 0.6) is 0 Å². The van der Waals surface area contributed by atoms with Crippen molar-refractivity contribution in [3.63, 3.8) is 0 Å². The number of likely N-dealkylation sites (tertiary alicyclic amines) is 1. The van der Waals surface area contributed by atoms with Crippen molar-refractivity contribution < 1.29 is 49.5 Å². The lowest BCUT2D eigenvalue weighted by Crippen LogP contribution is -2.38. The Balaban J connectivity index is 0.000000616. The highest BCUT2D eigenvalue weighted by Gasteiger charge is 2.38. The minimum Gasteiger partial charge on any atom is -0.475 e. The zero-order valence-corrected chi connectivity index (χ0v) is 23.2. The third-order valence-corrected chi connectivity index (χ3v) is 8.45. The number of alkyl halides is 6. The van der Waals surface area contributed by atoms with Gasteiger partial charge in [-0.25, -0.2) is 17.9 Å². The van der Waals surface area contributed by atoms with Crippen LogP contribution in [0.2, 0.25) is 0 Å². The molecule has 1 saturated carbocycles. The Hall–Kier alpha value is -3.17. The highest BCUT2D eigenvalue weighted by molar-refractivity contribution is 7.89. The van der Waals surface area contributed by atoms with Crippen LogP contribution in [0, 0.1) is 5.92 Å². The number of hydrogen-bond acceptors (Lipinski definition) is 5. The van der Waals surface area contributed by atoms with E-state index in [2.05, 4.69) is 14.9 Å². The Morgan fingerprint density at radius 2 is 1.57 bits per heavy atom. The summed E-state index contributed by atoms with van der Waals surface area (Å²) >= 11 is 0. The predicted molar refractivity (Wildman–Crippen MR) is 141 cm³/mol. The molecule has 1 atom stereocenters. The van der Waals surface area contributed by atoms with Gasteiger partial charge in [0.15, 0.2) is 0 Å². The summed E-state index contributed by atoms with van der Waals surface area (Å²) in [5, 5.41) is 9.53. The second kappa shape index (κ2) is 13.9. The van der Waals surface area contributed by atoms with Gasteiger partial charge in [0.2, 0.25) is 10.0 Å². The van der Waals surface area contributed by atoms with Crippen LogP contribution in [0.25, 0.3) is 0 Å². The van der Waals surface area contributed by atoms with Crippen molar-refractivity contribution in [2.24, 2.45) is 5.92 Å². The van der Waals surface area contributed by atoms with Crippen molar-refractivity contribution in [3.05, 3.63) is 59.7 Å². The number of nitrogens with zero attached hydrogens (tertiary/aromatic N) is 1. The summed E-state index contributed by atoms with van der Waals surface area (Å²) in [5.74, 6) is -2.76. The van der Waals surface area contributed by atoms with E-state index in [4.69, 9.17) is 9.90 Å². The number of rotatable bonds is 7. The Morgan fingerprint density at radius 1 is 0.929 bits per heavy atom. The molecule has 2 aromatic carbocycles. The number of hydrogen-bond donors (Lipinski definition) is 3. The molecule has 2 aromatic rings. The number of anilines is 1. The molecule has 0 radical (unpaired) electrons. The maximum absolute atomic E-state index is 13.0. The number of carboxylic acids is 1. The minimum absolute atomic E-state index is 0.0276. The van der Waals surface area contributed by atoms with Crippen molar-refractivity contribution in [2.75, 3.05) is 25.0 Å². The van der Waals surface area contributed by atoms with E-state index in [9.17, 15) is 39.6 Å². The molecule has 1 amide bonds. The molecule has 0 aromatic heterocycles. The van der Waals surface area contributed by atoms with Gasteiger partial charge in [-0.15, -0.1) is 0 Å². The summed E-state index contributed by atoms with van der Waals surface area (Å²) in [7, 11) is -3.86. The second-order valence-corrected chi connectivity index (χ2v) is 11.9. The molecule has 0 spiro atoms. The summed E-state index contributed by atoms with van der Waals surface area (Å²) in [5.41, 5.74) is -0.874. The molecule has 1 heterocycles. The van der Waals surface area contributed by atoms with E-state index in [-0.39, 0.29) is 22.2 Å². The molecular formula is C27H31F6N3O5S.